The third kappa shape index (κ3) is 4.21. The van der Waals surface area contributed by atoms with Crippen molar-refractivity contribution in [1.82, 2.24) is 4.57 Å². The lowest BCUT2D eigenvalue weighted by Crippen LogP contribution is -2.26. The van der Waals surface area contributed by atoms with E-state index in [0.29, 0.717) is 5.92 Å². The normalized spacial score (nSPS) is 16.0. The summed E-state index contributed by atoms with van der Waals surface area (Å²) in [5, 5.41) is 13.3. The molecule has 1 heterocycles. The first-order chi connectivity index (χ1) is 16.5. The molecule has 1 aliphatic rings. The van der Waals surface area contributed by atoms with E-state index in [4.69, 9.17) is 4.99 Å². The van der Waals surface area contributed by atoms with Gasteiger partial charge in [0.2, 0.25) is 0 Å². The Bertz CT molecular complexity index is 1400. The maximum Gasteiger partial charge on any atom is 0.269 e. The highest BCUT2D eigenvalue weighted by atomic mass is 32.1. The van der Waals surface area contributed by atoms with Crippen LogP contribution in [0.3, 0.4) is 0 Å². The molecule has 1 aromatic heterocycles. The second-order valence-corrected chi connectivity index (χ2v) is 9.85. The Morgan fingerprint density at radius 2 is 1.76 bits per heavy atom. The molecule has 5 rings (SSSR count). The fraction of sp³-hybridized carbons (Fsp3) is 0.250. The lowest BCUT2D eigenvalue weighted by Gasteiger charge is -2.28. The molecular formula is C28H27N3O2S. The van der Waals surface area contributed by atoms with Gasteiger partial charge in [-0.2, -0.15) is 0 Å². The molecule has 0 bridgehead atoms. The molecule has 0 aliphatic heterocycles. The van der Waals surface area contributed by atoms with Crippen LogP contribution < -0.4 is 4.80 Å². The topological polar surface area (TPSA) is 60.4 Å². The van der Waals surface area contributed by atoms with E-state index in [1.807, 2.05) is 18.2 Å². The van der Waals surface area contributed by atoms with Gasteiger partial charge in [-0.25, -0.2) is 4.99 Å². The van der Waals surface area contributed by atoms with Gasteiger partial charge < -0.3 is 4.57 Å². The van der Waals surface area contributed by atoms with E-state index in [9.17, 15) is 10.1 Å². The van der Waals surface area contributed by atoms with Crippen LogP contribution in [0.1, 0.15) is 55.3 Å². The van der Waals surface area contributed by atoms with E-state index in [-0.39, 0.29) is 16.7 Å². The summed E-state index contributed by atoms with van der Waals surface area (Å²) in [5.74, 6) is 0.373. The van der Waals surface area contributed by atoms with Crippen LogP contribution in [-0.4, -0.2) is 9.49 Å². The molecule has 4 aromatic rings. The number of nitrogens with zero attached hydrogens (tertiary/aromatic N) is 3. The number of thiazole rings is 1. The summed E-state index contributed by atoms with van der Waals surface area (Å²) in [5.41, 5.74) is 7.06. The molecular weight excluding hydrogens is 442 g/mol. The molecule has 172 valence electrons. The van der Waals surface area contributed by atoms with Crippen molar-refractivity contribution in [3.05, 3.63) is 110 Å². The quantitative estimate of drug-likeness (QED) is 0.226. The Morgan fingerprint density at radius 3 is 2.53 bits per heavy atom. The molecule has 0 saturated heterocycles. The summed E-state index contributed by atoms with van der Waals surface area (Å²) in [6.07, 6.45) is 3.24. The minimum absolute atomic E-state index is 0.101. The van der Waals surface area contributed by atoms with Crippen LogP contribution in [0, 0.1) is 10.1 Å². The molecule has 0 fully saturated rings. The average molecular weight is 470 g/mol. The number of hydrogen-bond donors (Lipinski definition) is 0. The largest absolute Gasteiger partial charge is 0.309 e. The zero-order chi connectivity index (χ0) is 23.7. The third-order valence-corrected chi connectivity index (χ3v) is 7.38. The van der Waals surface area contributed by atoms with Crippen molar-refractivity contribution in [2.45, 2.75) is 45.1 Å². The maximum absolute atomic E-state index is 11.2. The average Bonchev–Trinajstić information content (AvgIpc) is 3.27. The molecule has 0 radical (unpaired) electrons. The summed E-state index contributed by atoms with van der Waals surface area (Å²) < 4.78 is 2.35. The van der Waals surface area contributed by atoms with Crippen molar-refractivity contribution in [2.75, 3.05) is 0 Å². The maximum atomic E-state index is 11.2. The minimum Gasteiger partial charge on any atom is -0.309 e. The number of non-ortho nitro benzene ring substituents is 1. The molecule has 1 aliphatic carbocycles. The van der Waals surface area contributed by atoms with Gasteiger partial charge >= 0.3 is 0 Å². The summed E-state index contributed by atoms with van der Waals surface area (Å²) in [6, 6.07) is 24.0. The van der Waals surface area contributed by atoms with Gasteiger partial charge in [-0.05, 0) is 65.6 Å². The monoisotopic (exact) mass is 469 g/mol. The predicted molar refractivity (Wildman–Crippen MR) is 138 cm³/mol. The molecule has 0 N–H and O–H groups in total. The zero-order valence-electron chi connectivity index (χ0n) is 19.3. The molecule has 6 heteroatoms. The Labute approximate surface area is 203 Å². The van der Waals surface area contributed by atoms with Gasteiger partial charge in [-0.15, -0.1) is 11.3 Å². The summed E-state index contributed by atoms with van der Waals surface area (Å²) >= 11 is 1.63. The second kappa shape index (κ2) is 9.39. The number of nitro groups is 1. The molecule has 0 saturated carbocycles. The van der Waals surface area contributed by atoms with Crippen molar-refractivity contribution >= 4 is 22.7 Å². The Hall–Kier alpha value is -3.51. The van der Waals surface area contributed by atoms with Crippen LogP contribution in [-0.2, 0) is 6.42 Å². The second-order valence-electron chi connectivity index (χ2n) is 9.01. The molecule has 34 heavy (non-hydrogen) atoms. The van der Waals surface area contributed by atoms with E-state index in [0.717, 1.165) is 41.0 Å². The smallest absolute Gasteiger partial charge is 0.269 e. The first kappa shape index (κ1) is 22.3. The van der Waals surface area contributed by atoms with Crippen LogP contribution in [0.5, 0.6) is 0 Å². The van der Waals surface area contributed by atoms with Gasteiger partial charge in [0.1, 0.15) is 0 Å². The molecule has 1 unspecified atom stereocenters. The van der Waals surface area contributed by atoms with Gasteiger partial charge in [0.15, 0.2) is 4.80 Å². The molecule has 5 nitrogen and oxygen atoms in total. The molecule has 0 spiro atoms. The SMILES string of the molecule is CC(C)c1ccccc1N=c1scc(-c2ccc([N+](=O)[O-])cc2)n1C1CCCc2ccccc21. The highest BCUT2D eigenvalue weighted by Crippen LogP contribution is 2.36. The zero-order valence-corrected chi connectivity index (χ0v) is 20.2. The standard InChI is InChI=1S/C28H27N3O2S/c1-19(2)23-10-5-6-12-25(23)29-28-30(26-13-7-9-20-8-3-4-11-24(20)26)27(18-34-28)21-14-16-22(17-15-21)31(32)33/h3-6,8,10-12,14-19,26H,7,9,13H2,1-2H3. The van der Waals surface area contributed by atoms with Gasteiger partial charge in [0.25, 0.3) is 5.69 Å². The van der Waals surface area contributed by atoms with Gasteiger partial charge in [-0.1, -0.05) is 56.3 Å². The minimum atomic E-state index is -0.355. The van der Waals surface area contributed by atoms with Crippen LogP contribution in [0.4, 0.5) is 11.4 Å². The van der Waals surface area contributed by atoms with Crippen LogP contribution >= 0.6 is 11.3 Å². The van der Waals surface area contributed by atoms with Gasteiger partial charge in [0, 0.05) is 17.5 Å². The van der Waals surface area contributed by atoms with Crippen molar-refractivity contribution < 1.29 is 4.92 Å². The number of para-hydroxylation sites is 1. The number of nitro benzene ring substituents is 1. The van der Waals surface area contributed by atoms with E-state index < -0.39 is 0 Å². The first-order valence-electron chi connectivity index (χ1n) is 11.7. The van der Waals surface area contributed by atoms with Crippen LogP contribution in [0.2, 0.25) is 0 Å². The lowest BCUT2D eigenvalue weighted by molar-refractivity contribution is -0.384. The highest BCUT2D eigenvalue weighted by Gasteiger charge is 2.25. The molecule has 0 amide bonds. The molecule has 3 aromatic carbocycles. The van der Waals surface area contributed by atoms with Gasteiger partial charge in [-0.3, -0.25) is 10.1 Å². The summed E-state index contributed by atoms with van der Waals surface area (Å²) in [7, 11) is 0. The summed E-state index contributed by atoms with van der Waals surface area (Å²) in [6.45, 7) is 4.38. The van der Waals surface area contributed by atoms with Crippen molar-refractivity contribution in [3.8, 4) is 11.3 Å². The van der Waals surface area contributed by atoms with E-state index in [1.54, 1.807) is 23.5 Å². The highest BCUT2D eigenvalue weighted by molar-refractivity contribution is 7.07. The van der Waals surface area contributed by atoms with Crippen molar-refractivity contribution in [2.24, 2.45) is 4.99 Å². The van der Waals surface area contributed by atoms with Crippen LogP contribution in [0.15, 0.2) is 83.2 Å². The van der Waals surface area contributed by atoms with Crippen LogP contribution in [0.25, 0.3) is 11.3 Å². The third-order valence-electron chi connectivity index (χ3n) is 6.54. The Morgan fingerprint density at radius 1 is 1.03 bits per heavy atom. The number of fused-ring (bicyclic) bond motifs is 1. The number of hydrogen-bond acceptors (Lipinski definition) is 4. The van der Waals surface area contributed by atoms with E-state index in [1.165, 1.54) is 16.7 Å². The summed E-state index contributed by atoms with van der Waals surface area (Å²) in [4.78, 5) is 17.0. The number of rotatable bonds is 5. The first-order valence-corrected chi connectivity index (χ1v) is 12.6. The van der Waals surface area contributed by atoms with Gasteiger partial charge in [0.05, 0.1) is 22.3 Å². The molecule has 1 atom stereocenters. The van der Waals surface area contributed by atoms with Crippen molar-refractivity contribution in [1.29, 1.82) is 0 Å². The fourth-order valence-corrected chi connectivity index (χ4v) is 5.80. The fourth-order valence-electron chi connectivity index (χ4n) is 4.84. The van der Waals surface area contributed by atoms with E-state index in [2.05, 4.69) is 66.3 Å². The lowest BCUT2D eigenvalue weighted by atomic mass is 9.87. The van der Waals surface area contributed by atoms with Crippen molar-refractivity contribution in [3.63, 3.8) is 0 Å². The number of benzene rings is 3. The van der Waals surface area contributed by atoms with E-state index >= 15 is 0 Å². The Kier molecular flexibility index (Phi) is 6.16. The predicted octanol–water partition coefficient (Wildman–Crippen LogP) is 7.41. The number of aromatic nitrogens is 1. The number of aryl methyl sites for hydroxylation is 1. The Balaban J connectivity index is 1.73.